The molecule has 0 fully saturated rings. The highest BCUT2D eigenvalue weighted by atomic mass is 32.1. The van der Waals surface area contributed by atoms with Gasteiger partial charge >= 0.3 is 0 Å². The van der Waals surface area contributed by atoms with E-state index in [1.54, 1.807) is 17.4 Å². The fraction of sp³-hybridized carbons (Fsp3) is 0.136. The summed E-state index contributed by atoms with van der Waals surface area (Å²) in [6.45, 7) is 1.79. The third-order valence-corrected chi connectivity index (χ3v) is 5.47. The molecule has 0 bridgehead atoms. The fourth-order valence-electron chi connectivity index (χ4n) is 3.19. The Morgan fingerprint density at radius 1 is 1.04 bits per heavy atom. The van der Waals surface area contributed by atoms with E-state index >= 15 is 0 Å². The van der Waals surface area contributed by atoms with E-state index in [0.29, 0.717) is 11.1 Å². The van der Waals surface area contributed by atoms with Crippen molar-refractivity contribution in [3.05, 3.63) is 88.0 Å². The number of fused-ring (bicyclic) bond motifs is 1. The molecule has 1 N–H and O–H groups in total. The number of hydrogen-bond donors (Lipinski definition) is 1. The molecule has 0 unspecified atom stereocenters. The van der Waals surface area contributed by atoms with Crippen LogP contribution in [0.2, 0.25) is 0 Å². The zero-order valence-electron chi connectivity index (χ0n) is 15.3. The Bertz CT molecular complexity index is 1170. The second kappa shape index (κ2) is 7.78. The van der Waals surface area contributed by atoms with Crippen molar-refractivity contribution in [1.29, 1.82) is 0 Å². The summed E-state index contributed by atoms with van der Waals surface area (Å²) in [4.78, 5) is 26.4. The van der Waals surface area contributed by atoms with Gasteiger partial charge in [0.2, 0.25) is 5.91 Å². The molecule has 4 aromatic rings. The van der Waals surface area contributed by atoms with E-state index in [2.05, 4.69) is 10.4 Å². The molecule has 0 aliphatic heterocycles. The van der Waals surface area contributed by atoms with E-state index in [4.69, 9.17) is 0 Å². The first-order chi connectivity index (χ1) is 13.6. The number of carbonyl (C=O) groups is 1. The Kier molecular flexibility index (Phi) is 5.04. The lowest BCUT2D eigenvalue weighted by Gasteiger charge is -2.15. The molecule has 1 amide bonds. The Morgan fingerprint density at radius 3 is 2.46 bits per heavy atom. The quantitative estimate of drug-likeness (QED) is 0.561. The van der Waals surface area contributed by atoms with Gasteiger partial charge in [-0.15, -0.1) is 11.3 Å². The first-order valence-corrected chi connectivity index (χ1v) is 9.89. The fourth-order valence-corrected chi connectivity index (χ4v) is 3.91. The van der Waals surface area contributed by atoms with Crippen molar-refractivity contribution in [1.82, 2.24) is 15.1 Å². The molecule has 1 atom stereocenters. The van der Waals surface area contributed by atoms with Gasteiger partial charge in [-0.25, -0.2) is 4.68 Å². The second-order valence-electron chi connectivity index (χ2n) is 6.53. The molecule has 0 saturated heterocycles. The van der Waals surface area contributed by atoms with Crippen molar-refractivity contribution in [2.24, 2.45) is 0 Å². The van der Waals surface area contributed by atoms with Crippen molar-refractivity contribution >= 4 is 28.0 Å². The number of nitrogens with one attached hydrogen (secondary N) is 1. The molecular weight excluding hydrogens is 370 g/mol. The molecule has 0 aliphatic carbocycles. The van der Waals surface area contributed by atoms with Gasteiger partial charge in [-0.1, -0.05) is 54.6 Å². The molecule has 2 aromatic carbocycles. The van der Waals surface area contributed by atoms with Gasteiger partial charge in [0, 0.05) is 5.39 Å². The number of amides is 1. The highest BCUT2D eigenvalue weighted by Gasteiger charge is 2.16. The summed E-state index contributed by atoms with van der Waals surface area (Å²) >= 11 is 1.55. The molecule has 0 spiro atoms. The molecule has 140 valence electrons. The van der Waals surface area contributed by atoms with Gasteiger partial charge in [-0.05, 0) is 30.0 Å². The lowest BCUT2D eigenvalue weighted by molar-refractivity contribution is -0.122. The van der Waals surface area contributed by atoms with Crippen LogP contribution in [-0.2, 0) is 11.3 Å². The van der Waals surface area contributed by atoms with Crippen LogP contribution in [0.1, 0.15) is 18.5 Å². The first-order valence-electron chi connectivity index (χ1n) is 9.01. The minimum atomic E-state index is -0.265. The Hall–Kier alpha value is -3.25. The average molecular weight is 389 g/mol. The SMILES string of the molecule is C[C@@H](NC(=O)Cn1nc(-c2cccs2)c2ccccc2c1=O)c1ccccc1. The van der Waals surface area contributed by atoms with Crippen LogP contribution in [0.25, 0.3) is 21.3 Å². The van der Waals surface area contributed by atoms with Crippen molar-refractivity contribution in [2.75, 3.05) is 0 Å². The Balaban J connectivity index is 1.66. The Labute approximate surface area is 166 Å². The topological polar surface area (TPSA) is 64.0 Å². The van der Waals surface area contributed by atoms with E-state index in [0.717, 1.165) is 15.8 Å². The number of aromatic nitrogens is 2. The van der Waals surface area contributed by atoms with Crippen LogP contribution in [0.15, 0.2) is 76.9 Å². The molecule has 0 radical (unpaired) electrons. The number of hydrogen-bond acceptors (Lipinski definition) is 4. The lowest BCUT2D eigenvalue weighted by atomic mass is 10.1. The third-order valence-electron chi connectivity index (χ3n) is 4.59. The predicted octanol–water partition coefficient (Wildman–Crippen LogP) is 4.00. The van der Waals surface area contributed by atoms with Crippen molar-refractivity contribution in [3.63, 3.8) is 0 Å². The summed E-state index contributed by atoms with van der Waals surface area (Å²) < 4.78 is 1.25. The molecule has 28 heavy (non-hydrogen) atoms. The second-order valence-corrected chi connectivity index (χ2v) is 7.48. The highest BCUT2D eigenvalue weighted by molar-refractivity contribution is 7.13. The van der Waals surface area contributed by atoms with E-state index in [1.807, 2.05) is 73.0 Å². The molecule has 6 heteroatoms. The normalized spacial score (nSPS) is 12.0. The summed E-state index contributed by atoms with van der Waals surface area (Å²) in [5.74, 6) is -0.252. The number of benzene rings is 2. The predicted molar refractivity (Wildman–Crippen MR) is 112 cm³/mol. The molecule has 2 aromatic heterocycles. The standard InChI is InChI=1S/C22H19N3O2S/c1-15(16-8-3-2-4-9-16)23-20(26)14-25-22(27)18-11-6-5-10-17(18)21(24-25)19-12-7-13-28-19/h2-13,15H,14H2,1H3,(H,23,26)/t15-/m1/s1. The zero-order chi connectivity index (χ0) is 19.5. The number of rotatable bonds is 5. The summed E-state index contributed by atoms with van der Waals surface area (Å²) in [5.41, 5.74) is 1.46. The molecular formula is C22H19N3O2S. The molecule has 4 rings (SSSR count). The van der Waals surface area contributed by atoms with Crippen LogP contribution in [0.4, 0.5) is 0 Å². The van der Waals surface area contributed by atoms with E-state index < -0.39 is 0 Å². The maximum absolute atomic E-state index is 12.9. The average Bonchev–Trinajstić information content (AvgIpc) is 3.25. The van der Waals surface area contributed by atoms with Crippen LogP contribution in [0.5, 0.6) is 0 Å². The number of nitrogens with zero attached hydrogens (tertiary/aromatic N) is 2. The van der Waals surface area contributed by atoms with E-state index in [1.165, 1.54) is 4.68 Å². The summed E-state index contributed by atoms with van der Waals surface area (Å²) in [5, 5.41) is 10.8. The largest absolute Gasteiger partial charge is 0.348 e. The molecule has 2 heterocycles. The summed E-state index contributed by atoms with van der Waals surface area (Å²) in [7, 11) is 0. The zero-order valence-corrected chi connectivity index (χ0v) is 16.1. The van der Waals surface area contributed by atoms with Crippen molar-refractivity contribution in [3.8, 4) is 10.6 Å². The van der Waals surface area contributed by atoms with Crippen LogP contribution in [0, 0.1) is 0 Å². The summed E-state index contributed by atoms with van der Waals surface area (Å²) in [6.07, 6.45) is 0. The van der Waals surface area contributed by atoms with E-state index in [9.17, 15) is 9.59 Å². The third kappa shape index (κ3) is 3.59. The van der Waals surface area contributed by atoms with Crippen molar-refractivity contribution < 1.29 is 4.79 Å². The maximum atomic E-state index is 12.9. The smallest absolute Gasteiger partial charge is 0.275 e. The van der Waals surface area contributed by atoms with Gasteiger partial charge in [0.15, 0.2) is 0 Å². The summed E-state index contributed by atoms with van der Waals surface area (Å²) in [6, 6.07) is 20.8. The molecule has 5 nitrogen and oxygen atoms in total. The van der Waals surface area contributed by atoms with Gasteiger partial charge < -0.3 is 5.32 Å². The first kappa shape index (κ1) is 18.1. The maximum Gasteiger partial charge on any atom is 0.275 e. The highest BCUT2D eigenvalue weighted by Crippen LogP contribution is 2.28. The van der Waals surface area contributed by atoms with Crippen LogP contribution in [-0.4, -0.2) is 15.7 Å². The minimum absolute atomic E-state index is 0.126. The number of carbonyl (C=O) groups excluding carboxylic acids is 1. The minimum Gasteiger partial charge on any atom is -0.348 e. The van der Waals surface area contributed by atoms with E-state index in [-0.39, 0.29) is 24.1 Å². The lowest BCUT2D eigenvalue weighted by Crippen LogP contribution is -2.35. The van der Waals surface area contributed by atoms with Gasteiger partial charge in [0.1, 0.15) is 12.2 Å². The number of thiophene rings is 1. The van der Waals surface area contributed by atoms with Gasteiger partial charge in [0.05, 0.1) is 16.3 Å². The Morgan fingerprint density at radius 2 is 1.75 bits per heavy atom. The molecule has 0 saturated carbocycles. The van der Waals surface area contributed by atoms with Crippen LogP contribution in [0.3, 0.4) is 0 Å². The molecule has 0 aliphatic rings. The van der Waals surface area contributed by atoms with Gasteiger partial charge in [-0.3, -0.25) is 9.59 Å². The van der Waals surface area contributed by atoms with Gasteiger partial charge in [-0.2, -0.15) is 5.10 Å². The van der Waals surface area contributed by atoms with Crippen molar-refractivity contribution in [2.45, 2.75) is 19.5 Å². The van der Waals surface area contributed by atoms with Gasteiger partial charge in [0.25, 0.3) is 5.56 Å². The van der Waals surface area contributed by atoms with Crippen LogP contribution >= 0.6 is 11.3 Å². The monoisotopic (exact) mass is 389 g/mol. The van der Waals surface area contributed by atoms with Crippen LogP contribution < -0.4 is 10.9 Å².